The van der Waals surface area contributed by atoms with Gasteiger partial charge in [-0.05, 0) is 61.8 Å². The molecule has 0 aromatic heterocycles. The summed E-state index contributed by atoms with van der Waals surface area (Å²) in [6.07, 6.45) is -0.187. The number of aliphatic imine (C=N–C) groups is 1. The van der Waals surface area contributed by atoms with E-state index in [1.54, 1.807) is 7.11 Å². The summed E-state index contributed by atoms with van der Waals surface area (Å²) >= 11 is 3.50. The molecule has 3 aliphatic rings. The Morgan fingerprint density at radius 1 is 1.32 bits per heavy atom. The number of carbonyl (C=O) groups is 1. The van der Waals surface area contributed by atoms with Gasteiger partial charge in [-0.15, -0.1) is 0 Å². The fourth-order valence-corrected chi connectivity index (χ4v) is 6.09. The van der Waals surface area contributed by atoms with Crippen molar-refractivity contribution in [3.8, 4) is 0 Å². The highest BCUT2D eigenvalue weighted by Crippen LogP contribution is 2.62. The minimum absolute atomic E-state index is 0.110. The van der Waals surface area contributed by atoms with Crippen LogP contribution in [0.1, 0.15) is 57.1 Å². The molecular formula is C23H28BrF3N2O2. The zero-order valence-electron chi connectivity index (χ0n) is 18.1. The Bertz CT molecular complexity index is 909. The standard InChI is InChI=1S/C23H28BrF3N2O2/c1-4-14(2)19-28-23(20(30)29(19)13-22(25,26)27)18-11-16(24)6-5-15(18)12-21(23)9-7-17(31-3)8-10-21/h5-6,11,14,17H,4,7-10,12-13H2,1-3H3. The first kappa shape index (κ1) is 22.8. The van der Waals surface area contributed by atoms with Crippen LogP contribution >= 0.6 is 15.9 Å². The minimum Gasteiger partial charge on any atom is -0.381 e. The number of benzene rings is 1. The molecule has 2 unspecified atom stereocenters. The van der Waals surface area contributed by atoms with E-state index in [2.05, 4.69) is 15.9 Å². The van der Waals surface area contributed by atoms with Crippen LogP contribution in [0.15, 0.2) is 27.7 Å². The average Bonchev–Trinajstić information content (AvgIpc) is 3.15. The number of hydrogen-bond donors (Lipinski definition) is 0. The van der Waals surface area contributed by atoms with E-state index in [0.29, 0.717) is 25.7 Å². The zero-order chi connectivity index (χ0) is 22.6. The van der Waals surface area contributed by atoms with Crippen LogP contribution in [0, 0.1) is 11.3 Å². The maximum Gasteiger partial charge on any atom is 0.406 e. The molecule has 0 bridgehead atoms. The van der Waals surface area contributed by atoms with Crippen LogP contribution in [0.2, 0.25) is 0 Å². The molecular weight excluding hydrogens is 473 g/mol. The topological polar surface area (TPSA) is 41.9 Å². The highest BCUT2D eigenvalue weighted by molar-refractivity contribution is 9.10. The van der Waals surface area contributed by atoms with Gasteiger partial charge in [-0.25, -0.2) is 4.99 Å². The highest BCUT2D eigenvalue weighted by atomic mass is 79.9. The van der Waals surface area contributed by atoms with Crippen LogP contribution in [-0.2, 0) is 21.5 Å². The molecule has 1 amide bonds. The maximum absolute atomic E-state index is 14.0. The van der Waals surface area contributed by atoms with E-state index < -0.39 is 29.6 Å². The van der Waals surface area contributed by atoms with Gasteiger partial charge in [0.1, 0.15) is 12.4 Å². The molecule has 1 fully saturated rings. The van der Waals surface area contributed by atoms with E-state index in [1.165, 1.54) is 0 Å². The fourth-order valence-electron chi connectivity index (χ4n) is 5.73. The number of halogens is 4. The summed E-state index contributed by atoms with van der Waals surface area (Å²) in [5, 5.41) is 0. The van der Waals surface area contributed by atoms with Gasteiger partial charge in [0.15, 0.2) is 5.54 Å². The molecule has 1 heterocycles. The quantitative estimate of drug-likeness (QED) is 0.537. The molecule has 170 valence electrons. The Morgan fingerprint density at radius 2 is 2.00 bits per heavy atom. The van der Waals surface area contributed by atoms with Crippen molar-refractivity contribution in [3.05, 3.63) is 33.8 Å². The SMILES string of the molecule is CCC(C)C1=NC2(C(=O)N1CC(F)(F)F)c1cc(Br)ccc1CC21CCC(OC)CC1. The van der Waals surface area contributed by atoms with Crippen LogP contribution in [0.3, 0.4) is 0 Å². The Labute approximate surface area is 189 Å². The molecule has 2 spiro atoms. The fraction of sp³-hybridized carbons (Fsp3) is 0.652. The smallest absolute Gasteiger partial charge is 0.381 e. The lowest BCUT2D eigenvalue weighted by atomic mass is 9.61. The molecule has 1 aromatic rings. The zero-order valence-corrected chi connectivity index (χ0v) is 19.6. The van der Waals surface area contributed by atoms with E-state index in [1.807, 2.05) is 32.0 Å². The number of hydrogen-bond acceptors (Lipinski definition) is 3. The van der Waals surface area contributed by atoms with Crippen LogP contribution in [0.25, 0.3) is 0 Å². The third-order valence-corrected chi connectivity index (χ3v) is 7.98. The summed E-state index contributed by atoms with van der Waals surface area (Å²) < 4.78 is 46.9. The third kappa shape index (κ3) is 3.54. The second-order valence-corrected chi connectivity index (χ2v) is 10.1. The predicted molar refractivity (Wildman–Crippen MR) is 116 cm³/mol. The molecule has 2 atom stereocenters. The Kier molecular flexibility index (Phi) is 5.78. The number of rotatable bonds is 4. The van der Waals surface area contributed by atoms with Crippen molar-refractivity contribution in [3.63, 3.8) is 0 Å². The first-order chi connectivity index (χ1) is 14.6. The normalized spacial score (nSPS) is 31.5. The molecule has 4 nitrogen and oxygen atoms in total. The maximum atomic E-state index is 14.0. The number of alkyl halides is 3. The molecule has 1 aliphatic heterocycles. The van der Waals surface area contributed by atoms with E-state index in [4.69, 9.17) is 9.73 Å². The summed E-state index contributed by atoms with van der Waals surface area (Å²) in [6.45, 7) is 2.46. The van der Waals surface area contributed by atoms with Gasteiger partial charge < -0.3 is 4.74 Å². The van der Waals surface area contributed by atoms with Crippen molar-refractivity contribution in [2.45, 2.75) is 70.2 Å². The lowest BCUT2D eigenvalue weighted by molar-refractivity contribution is -0.158. The van der Waals surface area contributed by atoms with Crippen molar-refractivity contribution in [1.82, 2.24) is 4.90 Å². The Morgan fingerprint density at radius 3 is 2.58 bits per heavy atom. The van der Waals surface area contributed by atoms with Crippen LogP contribution in [0.5, 0.6) is 0 Å². The first-order valence-electron chi connectivity index (χ1n) is 10.9. The van der Waals surface area contributed by atoms with Crippen molar-refractivity contribution in [2.75, 3.05) is 13.7 Å². The second kappa shape index (κ2) is 7.87. The first-order valence-corrected chi connectivity index (χ1v) is 11.7. The van der Waals surface area contributed by atoms with Crippen molar-refractivity contribution in [1.29, 1.82) is 0 Å². The van der Waals surface area contributed by atoms with E-state index in [0.717, 1.165) is 33.3 Å². The van der Waals surface area contributed by atoms with Gasteiger partial charge in [0.05, 0.1) is 6.10 Å². The van der Waals surface area contributed by atoms with Gasteiger partial charge in [0.2, 0.25) is 0 Å². The molecule has 4 rings (SSSR count). The third-order valence-electron chi connectivity index (χ3n) is 7.49. The molecule has 8 heteroatoms. The molecule has 2 aliphatic carbocycles. The Balaban J connectivity index is 1.90. The van der Waals surface area contributed by atoms with Gasteiger partial charge in [0.25, 0.3) is 5.91 Å². The van der Waals surface area contributed by atoms with Gasteiger partial charge >= 0.3 is 6.18 Å². The van der Waals surface area contributed by atoms with Gasteiger partial charge in [-0.2, -0.15) is 13.2 Å². The largest absolute Gasteiger partial charge is 0.406 e. The number of fused-ring (bicyclic) bond motifs is 3. The van der Waals surface area contributed by atoms with Crippen LogP contribution < -0.4 is 0 Å². The van der Waals surface area contributed by atoms with E-state index in [-0.39, 0.29) is 17.9 Å². The molecule has 0 N–H and O–H groups in total. The summed E-state index contributed by atoms with van der Waals surface area (Å²) in [5.41, 5.74) is -0.0578. The minimum atomic E-state index is -4.49. The summed E-state index contributed by atoms with van der Waals surface area (Å²) in [6, 6.07) is 5.80. The summed E-state index contributed by atoms with van der Waals surface area (Å²) in [5.74, 6) is -0.493. The molecule has 0 radical (unpaired) electrons. The highest BCUT2D eigenvalue weighted by Gasteiger charge is 2.67. The van der Waals surface area contributed by atoms with Crippen molar-refractivity contribution in [2.24, 2.45) is 16.3 Å². The van der Waals surface area contributed by atoms with Gasteiger partial charge in [-0.3, -0.25) is 9.69 Å². The summed E-state index contributed by atoms with van der Waals surface area (Å²) in [7, 11) is 1.68. The number of methoxy groups -OCH3 is 1. The molecule has 1 aromatic carbocycles. The van der Waals surface area contributed by atoms with Crippen LogP contribution in [0.4, 0.5) is 13.2 Å². The Hall–Kier alpha value is -1.41. The predicted octanol–water partition coefficient (Wildman–Crippen LogP) is 5.63. The molecule has 31 heavy (non-hydrogen) atoms. The van der Waals surface area contributed by atoms with Crippen molar-refractivity contribution < 1.29 is 22.7 Å². The van der Waals surface area contributed by atoms with Crippen molar-refractivity contribution >= 4 is 27.7 Å². The number of carbonyl (C=O) groups excluding carboxylic acids is 1. The number of amides is 1. The lowest BCUT2D eigenvalue weighted by Crippen LogP contribution is -2.53. The van der Waals surface area contributed by atoms with Gasteiger partial charge in [0, 0.05) is 22.9 Å². The summed E-state index contributed by atoms with van der Waals surface area (Å²) in [4.78, 5) is 19.9. The van der Waals surface area contributed by atoms with Gasteiger partial charge in [-0.1, -0.05) is 35.8 Å². The van der Waals surface area contributed by atoms with E-state index >= 15 is 0 Å². The number of amidine groups is 1. The monoisotopic (exact) mass is 500 g/mol. The van der Waals surface area contributed by atoms with Crippen LogP contribution in [-0.4, -0.2) is 42.6 Å². The lowest BCUT2D eigenvalue weighted by Gasteiger charge is -2.45. The number of ether oxygens (including phenoxy) is 1. The average molecular weight is 501 g/mol. The molecule has 0 saturated heterocycles. The second-order valence-electron chi connectivity index (χ2n) is 9.19. The van der Waals surface area contributed by atoms with E-state index in [9.17, 15) is 18.0 Å². The number of nitrogens with zero attached hydrogens (tertiary/aromatic N) is 2. The molecule has 1 saturated carbocycles.